The van der Waals surface area contributed by atoms with Crippen molar-refractivity contribution in [2.75, 3.05) is 13.7 Å². The van der Waals surface area contributed by atoms with Gasteiger partial charge in [0.25, 0.3) is 0 Å². The second-order valence-electron chi connectivity index (χ2n) is 5.37. The van der Waals surface area contributed by atoms with Gasteiger partial charge < -0.3 is 9.47 Å². The Labute approximate surface area is 121 Å². The smallest absolute Gasteiger partial charge is 0.305 e. The minimum Gasteiger partial charge on any atom is -0.494 e. The molecule has 110 valence electrons. The van der Waals surface area contributed by atoms with Crippen LogP contribution in [-0.4, -0.2) is 19.7 Å². The van der Waals surface area contributed by atoms with Crippen molar-refractivity contribution in [1.29, 1.82) is 0 Å². The van der Waals surface area contributed by atoms with Gasteiger partial charge in [-0.3, -0.25) is 4.79 Å². The first-order valence-electron chi connectivity index (χ1n) is 7.61. The summed E-state index contributed by atoms with van der Waals surface area (Å²) in [6.07, 6.45) is 8.37. The molecule has 0 saturated carbocycles. The maximum absolute atomic E-state index is 10.9. The Morgan fingerprint density at radius 3 is 2.70 bits per heavy atom. The van der Waals surface area contributed by atoms with Gasteiger partial charge in [0.1, 0.15) is 5.75 Å². The Morgan fingerprint density at radius 2 is 1.90 bits per heavy atom. The normalized spacial score (nSPS) is 13.7. The zero-order chi connectivity index (χ0) is 14.2. The van der Waals surface area contributed by atoms with E-state index < -0.39 is 0 Å². The number of esters is 1. The highest BCUT2D eigenvalue weighted by Crippen LogP contribution is 2.25. The molecule has 0 heterocycles. The topological polar surface area (TPSA) is 35.5 Å². The predicted molar refractivity (Wildman–Crippen MR) is 79.1 cm³/mol. The van der Waals surface area contributed by atoms with Gasteiger partial charge in [-0.1, -0.05) is 6.07 Å². The van der Waals surface area contributed by atoms with Gasteiger partial charge in [-0.05, 0) is 68.2 Å². The molecular formula is C17H24O3. The lowest BCUT2D eigenvalue weighted by atomic mass is 9.92. The van der Waals surface area contributed by atoms with E-state index in [1.165, 1.54) is 43.9 Å². The van der Waals surface area contributed by atoms with Crippen molar-refractivity contribution in [2.24, 2.45) is 0 Å². The molecule has 0 bridgehead atoms. The van der Waals surface area contributed by atoms with Gasteiger partial charge >= 0.3 is 5.97 Å². The molecule has 2 rings (SSSR count). The maximum Gasteiger partial charge on any atom is 0.305 e. The minimum atomic E-state index is -0.124. The first-order valence-corrected chi connectivity index (χ1v) is 7.61. The van der Waals surface area contributed by atoms with Crippen molar-refractivity contribution in [2.45, 2.75) is 51.4 Å². The predicted octanol–water partition coefficient (Wildman–Crippen LogP) is 3.68. The highest BCUT2D eigenvalue weighted by Gasteiger charge is 2.09. The number of carbonyl (C=O) groups excluding carboxylic acids is 1. The maximum atomic E-state index is 10.9. The van der Waals surface area contributed by atoms with Crippen LogP contribution >= 0.6 is 0 Å². The molecule has 0 N–H and O–H groups in total. The fourth-order valence-corrected chi connectivity index (χ4v) is 2.64. The third-order valence-electron chi connectivity index (χ3n) is 3.84. The van der Waals surface area contributed by atoms with Crippen LogP contribution in [0, 0.1) is 0 Å². The number of unbranched alkanes of at least 4 members (excludes halogenated alkanes) is 2. The average Bonchev–Trinajstić information content (AvgIpc) is 2.50. The van der Waals surface area contributed by atoms with Crippen molar-refractivity contribution < 1.29 is 14.3 Å². The molecule has 3 heteroatoms. The van der Waals surface area contributed by atoms with E-state index >= 15 is 0 Å². The fraction of sp³-hybridized carbons (Fsp3) is 0.588. The van der Waals surface area contributed by atoms with Crippen molar-refractivity contribution in [3.8, 4) is 5.75 Å². The van der Waals surface area contributed by atoms with Crippen LogP contribution in [0.2, 0.25) is 0 Å². The van der Waals surface area contributed by atoms with Crippen molar-refractivity contribution in [3.05, 3.63) is 29.3 Å². The van der Waals surface area contributed by atoms with Crippen LogP contribution in [0.25, 0.3) is 0 Å². The van der Waals surface area contributed by atoms with E-state index in [1.807, 2.05) is 0 Å². The van der Waals surface area contributed by atoms with Gasteiger partial charge in [0.05, 0.1) is 13.7 Å². The highest BCUT2D eigenvalue weighted by molar-refractivity contribution is 5.68. The first-order chi connectivity index (χ1) is 9.79. The molecule has 0 fully saturated rings. The Kier molecular flexibility index (Phi) is 5.90. The van der Waals surface area contributed by atoms with Crippen molar-refractivity contribution >= 4 is 5.97 Å². The summed E-state index contributed by atoms with van der Waals surface area (Å²) in [5, 5.41) is 0. The van der Waals surface area contributed by atoms with Crippen LogP contribution in [0.4, 0.5) is 0 Å². The lowest BCUT2D eigenvalue weighted by Crippen LogP contribution is -2.04. The van der Waals surface area contributed by atoms with E-state index in [9.17, 15) is 4.79 Å². The number of rotatable bonds is 7. The SMILES string of the molecule is COC(=O)CCCCCOc1ccc2c(c1)CCCC2. The van der Waals surface area contributed by atoms with E-state index in [0.717, 1.165) is 31.6 Å². The largest absolute Gasteiger partial charge is 0.494 e. The lowest BCUT2D eigenvalue weighted by molar-refractivity contribution is -0.140. The molecule has 20 heavy (non-hydrogen) atoms. The fourth-order valence-electron chi connectivity index (χ4n) is 2.64. The molecule has 1 aromatic carbocycles. The number of hydrogen-bond donors (Lipinski definition) is 0. The van der Waals surface area contributed by atoms with Gasteiger partial charge in [-0.2, -0.15) is 0 Å². The van der Waals surface area contributed by atoms with E-state index in [1.54, 1.807) is 0 Å². The molecule has 1 aliphatic rings. The van der Waals surface area contributed by atoms with Crippen LogP contribution in [-0.2, 0) is 22.4 Å². The number of carbonyl (C=O) groups is 1. The molecule has 0 amide bonds. The monoisotopic (exact) mass is 276 g/mol. The van der Waals surface area contributed by atoms with Gasteiger partial charge in [0.15, 0.2) is 0 Å². The van der Waals surface area contributed by atoms with Crippen LogP contribution < -0.4 is 4.74 Å². The summed E-state index contributed by atoms with van der Waals surface area (Å²) < 4.78 is 10.4. The van der Waals surface area contributed by atoms with Crippen molar-refractivity contribution in [3.63, 3.8) is 0 Å². The van der Waals surface area contributed by atoms with Crippen LogP contribution in [0.1, 0.15) is 49.7 Å². The lowest BCUT2D eigenvalue weighted by Gasteiger charge is -2.16. The summed E-state index contributed by atoms with van der Waals surface area (Å²) >= 11 is 0. The molecule has 0 aromatic heterocycles. The number of fused-ring (bicyclic) bond motifs is 1. The third kappa shape index (κ3) is 4.55. The number of hydrogen-bond acceptors (Lipinski definition) is 3. The number of aryl methyl sites for hydroxylation is 2. The van der Waals surface area contributed by atoms with Crippen LogP contribution in [0.3, 0.4) is 0 Å². The Balaban J connectivity index is 1.65. The van der Waals surface area contributed by atoms with E-state index in [0.29, 0.717) is 6.42 Å². The summed E-state index contributed by atoms with van der Waals surface area (Å²) in [5.74, 6) is 0.860. The van der Waals surface area contributed by atoms with E-state index in [-0.39, 0.29) is 5.97 Å². The molecular weight excluding hydrogens is 252 g/mol. The first kappa shape index (κ1) is 14.9. The number of ether oxygens (including phenoxy) is 2. The molecule has 1 aliphatic carbocycles. The zero-order valence-electron chi connectivity index (χ0n) is 12.3. The van der Waals surface area contributed by atoms with Gasteiger partial charge in [0, 0.05) is 6.42 Å². The zero-order valence-corrected chi connectivity index (χ0v) is 12.3. The van der Waals surface area contributed by atoms with Gasteiger partial charge in [-0.25, -0.2) is 0 Å². The molecule has 0 unspecified atom stereocenters. The number of benzene rings is 1. The second kappa shape index (κ2) is 7.93. The van der Waals surface area contributed by atoms with E-state index in [4.69, 9.17) is 4.74 Å². The molecule has 0 spiro atoms. The molecule has 1 aromatic rings. The molecule has 0 radical (unpaired) electrons. The molecule has 0 aliphatic heterocycles. The molecule has 0 saturated heterocycles. The summed E-state index contributed by atoms with van der Waals surface area (Å²) in [5.41, 5.74) is 2.95. The van der Waals surface area contributed by atoms with E-state index in [2.05, 4.69) is 22.9 Å². The summed E-state index contributed by atoms with van der Waals surface area (Å²) in [6.45, 7) is 0.722. The van der Waals surface area contributed by atoms with Crippen molar-refractivity contribution in [1.82, 2.24) is 0 Å². The minimum absolute atomic E-state index is 0.124. The van der Waals surface area contributed by atoms with Gasteiger partial charge in [-0.15, -0.1) is 0 Å². The van der Waals surface area contributed by atoms with Gasteiger partial charge in [0.2, 0.25) is 0 Å². The Hall–Kier alpha value is -1.51. The Bertz CT molecular complexity index is 440. The quantitative estimate of drug-likeness (QED) is 0.563. The van der Waals surface area contributed by atoms with Crippen LogP contribution in [0.15, 0.2) is 18.2 Å². The molecule has 0 atom stereocenters. The number of methoxy groups -OCH3 is 1. The summed E-state index contributed by atoms with van der Waals surface area (Å²) in [7, 11) is 1.43. The summed E-state index contributed by atoms with van der Waals surface area (Å²) in [6, 6.07) is 6.49. The standard InChI is InChI=1S/C17H24O3/c1-19-17(18)9-3-2-6-12-20-16-11-10-14-7-4-5-8-15(14)13-16/h10-11,13H,2-9,12H2,1H3. The molecule has 3 nitrogen and oxygen atoms in total. The highest BCUT2D eigenvalue weighted by atomic mass is 16.5. The average molecular weight is 276 g/mol. The summed E-state index contributed by atoms with van der Waals surface area (Å²) in [4.78, 5) is 10.9. The third-order valence-corrected chi connectivity index (χ3v) is 3.84. The van der Waals surface area contributed by atoms with Crippen LogP contribution in [0.5, 0.6) is 5.75 Å². The second-order valence-corrected chi connectivity index (χ2v) is 5.37. The Morgan fingerprint density at radius 1 is 1.10 bits per heavy atom.